The van der Waals surface area contributed by atoms with Gasteiger partial charge in [-0.05, 0) is 54.2 Å². The van der Waals surface area contributed by atoms with Gasteiger partial charge in [0.15, 0.2) is 0 Å². The minimum absolute atomic E-state index is 0.116. The summed E-state index contributed by atoms with van der Waals surface area (Å²) in [5.41, 5.74) is 1.85. The smallest absolute Gasteiger partial charge is 0.255 e. The van der Waals surface area contributed by atoms with E-state index in [2.05, 4.69) is 15.9 Å². The summed E-state index contributed by atoms with van der Waals surface area (Å²) in [5, 5.41) is 0. The second kappa shape index (κ2) is 6.53. The number of carbonyl (C=O) groups is 1. The lowest BCUT2D eigenvalue weighted by molar-refractivity contribution is 0.0145. The lowest BCUT2D eigenvalue weighted by Gasteiger charge is -2.32. The number of benzene rings is 1. The molecule has 0 radical (unpaired) electrons. The molecule has 1 aliphatic heterocycles. The molecule has 0 bridgehead atoms. The van der Waals surface area contributed by atoms with Crippen molar-refractivity contribution in [3.8, 4) is 0 Å². The van der Waals surface area contributed by atoms with Gasteiger partial charge in [-0.1, -0.05) is 12.1 Å². The lowest BCUT2D eigenvalue weighted by Crippen LogP contribution is -2.41. The number of hydrogen-bond donors (Lipinski definition) is 0. The monoisotopic (exact) mass is 325 g/mol. The van der Waals surface area contributed by atoms with Crippen LogP contribution in [0.5, 0.6) is 0 Å². The predicted octanol–water partition coefficient (Wildman–Crippen LogP) is 3.40. The van der Waals surface area contributed by atoms with Crippen LogP contribution in [0, 0.1) is 6.92 Å². The molecular weight excluding hydrogens is 306 g/mol. The van der Waals surface area contributed by atoms with Gasteiger partial charge >= 0.3 is 0 Å². The van der Waals surface area contributed by atoms with Crippen LogP contribution in [0.4, 0.5) is 0 Å². The minimum atomic E-state index is 0.116. The van der Waals surface area contributed by atoms with Crippen molar-refractivity contribution in [2.75, 3.05) is 19.7 Å². The van der Waals surface area contributed by atoms with E-state index in [0.29, 0.717) is 6.10 Å². The maximum Gasteiger partial charge on any atom is 0.255 e. The topological polar surface area (TPSA) is 29.5 Å². The number of likely N-dealkylation sites (tertiary alicyclic amines) is 1. The summed E-state index contributed by atoms with van der Waals surface area (Å²) in [7, 11) is 0. The van der Waals surface area contributed by atoms with E-state index < -0.39 is 0 Å². The number of hydrogen-bond acceptors (Lipinski definition) is 2. The summed E-state index contributed by atoms with van der Waals surface area (Å²) in [6.07, 6.45) is 2.18. The Kier molecular flexibility index (Phi) is 4.99. The number of halogens is 1. The van der Waals surface area contributed by atoms with Gasteiger partial charge in [0, 0.05) is 24.2 Å². The third-order valence-electron chi connectivity index (χ3n) is 3.55. The zero-order chi connectivity index (χ0) is 13.8. The molecule has 1 heterocycles. The van der Waals surface area contributed by atoms with Crippen molar-refractivity contribution < 1.29 is 9.53 Å². The summed E-state index contributed by atoms with van der Waals surface area (Å²) in [6.45, 7) is 6.33. The highest BCUT2D eigenvalue weighted by Gasteiger charge is 2.25. The number of nitrogens with zero attached hydrogens (tertiary/aromatic N) is 1. The summed E-state index contributed by atoms with van der Waals surface area (Å²) < 4.78 is 6.52. The van der Waals surface area contributed by atoms with Crippen LogP contribution in [0.15, 0.2) is 22.7 Å². The Morgan fingerprint density at radius 3 is 2.74 bits per heavy atom. The highest BCUT2D eigenvalue weighted by Crippen LogP contribution is 2.24. The number of carbonyl (C=O) groups excluding carboxylic acids is 1. The average molecular weight is 326 g/mol. The molecule has 4 heteroatoms. The molecule has 2 rings (SSSR count). The summed E-state index contributed by atoms with van der Waals surface area (Å²) in [5.74, 6) is 0.116. The van der Waals surface area contributed by atoms with Crippen molar-refractivity contribution in [1.82, 2.24) is 4.90 Å². The van der Waals surface area contributed by atoms with Gasteiger partial charge in [0.05, 0.1) is 11.7 Å². The van der Waals surface area contributed by atoms with E-state index in [1.165, 1.54) is 0 Å². The number of aryl methyl sites for hydroxylation is 1. The molecule has 1 fully saturated rings. The van der Waals surface area contributed by atoms with Crippen molar-refractivity contribution in [1.29, 1.82) is 0 Å². The minimum Gasteiger partial charge on any atom is -0.378 e. The first-order valence-corrected chi connectivity index (χ1v) is 7.58. The van der Waals surface area contributed by atoms with Gasteiger partial charge in [0.25, 0.3) is 5.91 Å². The van der Waals surface area contributed by atoms with Gasteiger partial charge in [0.2, 0.25) is 0 Å². The van der Waals surface area contributed by atoms with E-state index in [1.807, 2.05) is 36.9 Å². The van der Waals surface area contributed by atoms with Crippen LogP contribution in [-0.4, -0.2) is 36.6 Å². The van der Waals surface area contributed by atoms with E-state index in [9.17, 15) is 4.79 Å². The van der Waals surface area contributed by atoms with Crippen LogP contribution in [0.25, 0.3) is 0 Å². The Bertz CT molecular complexity index is 453. The van der Waals surface area contributed by atoms with Crippen LogP contribution in [0.1, 0.15) is 35.7 Å². The largest absolute Gasteiger partial charge is 0.378 e. The van der Waals surface area contributed by atoms with Crippen molar-refractivity contribution >= 4 is 21.8 Å². The highest BCUT2D eigenvalue weighted by molar-refractivity contribution is 9.10. The molecule has 0 spiro atoms. The van der Waals surface area contributed by atoms with Crippen molar-refractivity contribution in [3.63, 3.8) is 0 Å². The Morgan fingerprint density at radius 1 is 1.42 bits per heavy atom. The quantitative estimate of drug-likeness (QED) is 0.852. The molecule has 1 saturated heterocycles. The maximum absolute atomic E-state index is 12.5. The van der Waals surface area contributed by atoms with Crippen LogP contribution in [0.3, 0.4) is 0 Å². The van der Waals surface area contributed by atoms with Gasteiger partial charge in [-0.2, -0.15) is 0 Å². The van der Waals surface area contributed by atoms with E-state index >= 15 is 0 Å². The van der Waals surface area contributed by atoms with Gasteiger partial charge < -0.3 is 9.64 Å². The first-order chi connectivity index (χ1) is 9.13. The Labute approximate surface area is 123 Å². The Hall–Kier alpha value is -0.870. The molecule has 0 aromatic heterocycles. The number of amides is 1. The number of ether oxygens (including phenoxy) is 1. The fraction of sp³-hybridized carbons (Fsp3) is 0.533. The van der Waals surface area contributed by atoms with Gasteiger partial charge in [0.1, 0.15) is 0 Å². The van der Waals surface area contributed by atoms with E-state index in [0.717, 1.165) is 48.1 Å². The molecule has 1 aromatic carbocycles. The second-order valence-corrected chi connectivity index (χ2v) is 5.68. The molecule has 0 aliphatic carbocycles. The average Bonchev–Trinajstić information content (AvgIpc) is 2.42. The zero-order valence-corrected chi connectivity index (χ0v) is 13.1. The SMILES string of the molecule is CCOC1CCN(C(=O)c2cccc(C)c2Br)CC1. The number of piperidine rings is 1. The first kappa shape index (κ1) is 14.5. The Morgan fingerprint density at radius 2 is 2.11 bits per heavy atom. The molecule has 19 heavy (non-hydrogen) atoms. The van der Waals surface area contributed by atoms with E-state index in [4.69, 9.17) is 4.74 Å². The Balaban J connectivity index is 2.03. The fourth-order valence-corrected chi connectivity index (χ4v) is 2.88. The molecule has 0 saturated carbocycles. The van der Waals surface area contributed by atoms with Gasteiger partial charge in [-0.15, -0.1) is 0 Å². The molecule has 0 atom stereocenters. The third kappa shape index (κ3) is 3.37. The van der Waals surface area contributed by atoms with Crippen molar-refractivity contribution in [2.45, 2.75) is 32.8 Å². The van der Waals surface area contributed by atoms with E-state index in [1.54, 1.807) is 0 Å². The molecular formula is C15H20BrNO2. The van der Waals surface area contributed by atoms with Crippen LogP contribution in [0.2, 0.25) is 0 Å². The first-order valence-electron chi connectivity index (χ1n) is 6.79. The molecule has 0 N–H and O–H groups in total. The molecule has 0 unspecified atom stereocenters. The molecule has 1 aliphatic rings. The predicted molar refractivity (Wildman–Crippen MR) is 79.4 cm³/mol. The highest BCUT2D eigenvalue weighted by atomic mass is 79.9. The molecule has 104 valence electrons. The molecule has 1 aromatic rings. The number of rotatable bonds is 3. The van der Waals surface area contributed by atoms with Crippen LogP contribution < -0.4 is 0 Å². The normalized spacial score (nSPS) is 16.7. The van der Waals surface area contributed by atoms with Gasteiger partial charge in [-0.25, -0.2) is 0 Å². The zero-order valence-electron chi connectivity index (χ0n) is 11.5. The second-order valence-electron chi connectivity index (χ2n) is 4.88. The maximum atomic E-state index is 12.5. The lowest BCUT2D eigenvalue weighted by atomic mass is 10.1. The third-order valence-corrected chi connectivity index (χ3v) is 4.61. The van der Waals surface area contributed by atoms with Crippen LogP contribution >= 0.6 is 15.9 Å². The molecule has 1 amide bonds. The fourth-order valence-electron chi connectivity index (χ4n) is 2.44. The summed E-state index contributed by atoms with van der Waals surface area (Å²) in [6, 6.07) is 5.82. The van der Waals surface area contributed by atoms with E-state index in [-0.39, 0.29) is 5.91 Å². The summed E-state index contributed by atoms with van der Waals surface area (Å²) >= 11 is 3.51. The van der Waals surface area contributed by atoms with Crippen molar-refractivity contribution in [3.05, 3.63) is 33.8 Å². The van der Waals surface area contributed by atoms with Crippen LogP contribution in [-0.2, 0) is 4.74 Å². The standard InChI is InChI=1S/C15H20BrNO2/c1-3-19-12-7-9-17(10-8-12)15(18)13-6-4-5-11(2)14(13)16/h4-6,12H,3,7-10H2,1-2H3. The van der Waals surface area contributed by atoms with Gasteiger partial charge in [-0.3, -0.25) is 4.79 Å². The molecule has 3 nitrogen and oxygen atoms in total. The summed E-state index contributed by atoms with van der Waals surface area (Å²) in [4.78, 5) is 14.4. The van der Waals surface area contributed by atoms with Crippen molar-refractivity contribution in [2.24, 2.45) is 0 Å².